The van der Waals surface area contributed by atoms with E-state index in [0.29, 0.717) is 36.4 Å². The van der Waals surface area contributed by atoms with Crippen molar-refractivity contribution in [1.29, 1.82) is 0 Å². The van der Waals surface area contributed by atoms with Gasteiger partial charge in [-0.15, -0.1) is 0 Å². The second-order valence-electron chi connectivity index (χ2n) is 5.92. The SMILES string of the molecule is CN=C(NCCOc1ncccc1Cl)N1CCC(CC(=O)NC)CC1. The molecule has 1 aromatic heterocycles. The van der Waals surface area contributed by atoms with E-state index in [0.717, 1.165) is 31.9 Å². The quantitative estimate of drug-likeness (QED) is 0.453. The van der Waals surface area contributed by atoms with Crippen molar-refractivity contribution in [2.75, 3.05) is 40.3 Å². The van der Waals surface area contributed by atoms with Crippen LogP contribution in [0.25, 0.3) is 0 Å². The van der Waals surface area contributed by atoms with Gasteiger partial charge >= 0.3 is 0 Å². The molecule has 1 aromatic rings. The highest BCUT2D eigenvalue weighted by Crippen LogP contribution is 2.21. The normalized spacial score (nSPS) is 15.8. The van der Waals surface area contributed by atoms with E-state index in [1.54, 1.807) is 32.4 Å². The van der Waals surface area contributed by atoms with Crippen LogP contribution in [0.2, 0.25) is 5.02 Å². The maximum Gasteiger partial charge on any atom is 0.232 e. The zero-order chi connectivity index (χ0) is 18.1. The molecule has 0 spiro atoms. The van der Waals surface area contributed by atoms with E-state index in [9.17, 15) is 4.79 Å². The number of amides is 1. The summed E-state index contributed by atoms with van der Waals surface area (Å²) in [5.74, 6) is 1.86. The number of halogens is 1. The minimum absolute atomic E-state index is 0.117. The molecule has 0 aliphatic carbocycles. The minimum atomic E-state index is 0.117. The van der Waals surface area contributed by atoms with Gasteiger partial charge in [-0.3, -0.25) is 9.79 Å². The number of nitrogens with zero attached hydrogens (tertiary/aromatic N) is 3. The average Bonchev–Trinajstić information content (AvgIpc) is 2.64. The van der Waals surface area contributed by atoms with Crippen LogP contribution in [0.5, 0.6) is 5.88 Å². The van der Waals surface area contributed by atoms with Gasteiger partial charge in [-0.05, 0) is 30.9 Å². The van der Waals surface area contributed by atoms with Crippen LogP contribution < -0.4 is 15.4 Å². The van der Waals surface area contributed by atoms with E-state index >= 15 is 0 Å². The van der Waals surface area contributed by atoms with E-state index in [-0.39, 0.29) is 5.91 Å². The Hall–Kier alpha value is -2.02. The highest BCUT2D eigenvalue weighted by Gasteiger charge is 2.22. The summed E-state index contributed by atoms with van der Waals surface area (Å²) in [6, 6.07) is 3.52. The Bertz CT molecular complexity index is 588. The summed E-state index contributed by atoms with van der Waals surface area (Å²) in [6.07, 6.45) is 4.24. The molecule has 0 unspecified atom stereocenters. The molecule has 1 aliphatic rings. The molecule has 1 aliphatic heterocycles. The van der Waals surface area contributed by atoms with Gasteiger partial charge in [0, 0.05) is 39.8 Å². The second kappa shape index (κ2) is 10.1. The van der Waals surface area contributed by atoms with E-state index < -0.39 is 0 Å². The number of guanidine groups is 1. The molecular formula is C17H26ClN5O2. The number of piperidine rings is 1. The summed E-state index contributed by atoms with van der Waals surface area (Å²) in [4.78, 5) is 22.1. The molecule has 7 nitrogen and oxygen atoms in total. The van der Waals surface area contributed by atoms with Crippen molar-refractivity contribution in [3.8, 4) is 5.88 Å². The van der Waals surface area contributed by atoms with E-state index in [1.165, 1.54) is 0 Å². The van der Waals surface area contributed by atoms with Crippen molar-refractivity contribution in [2.24, 2.45) is 10.9 Å². The van der Waals surface area contributed by atoms with Gasteiger partial charge in [-0.2, -0.15) is 0 Å². The van der Waals surface area contributed by atoms with Gasteiger partial charge in [0.1, 0.15) is 11.6 Å². The lowest BCUT2D eigenvalue weighted by Gasteiger charge is -2.34. The molecule has 1 fully saturated rings. The molecule has 2 N–H and O–H groups in total. The van der Waals surface area contributed by atoms with Gasteiger partial charge in [0.25, 0.3) is 0 Å². The molecule has 1 saturated heterocycles. The Morgan fingerprint density at radius 3 is 2.88 bits per heavy atom. The van der Waals surface area contributed by atoms with Crippen LogP contribution in [0.1, 0.15) is 19.3 Å². The standard InChI is InChI=1S/C17H26ClN5O2/c1-19-15(24)12-13-5-9-23(10-6-13)17(20-2)22-8-11-25-16-14(18)4-3-7-21-16/h3-4,7,13H,5-6,8-12H2,1-2H3,(H,19,24)(H,20,22). The van der Waals surface area contributed by atoms with Crippen LogP contribution in [0.4, 0.5) is 0 Å². The van der Waals surface area contributed by atoms with Gasteiger partial charge in [0.15, 0.2) is 5.96 Å². The molecule has 0 bridgehead atoms. The lowest BCUT2D eigenvalue weighted by Crippen LogP contribution is -2.46. The van der Waals surface area contributed by atoms with Gasteiger partial charge in [-0.25, -0.2) is 4.98 Å². The first kappa shape index (κ1) is 19.3. The third-order valence-corrected chi connectivity index (χ3v) is 4.52. The van der Waals surface area contributed by atoms with Gasteiger partial charge in [0.2, 0.25) is 11.8 Å². The first-order chi connectivity index (χ1) is 12.1. The second-order valence-corrected chi connectivity index (χ2v) is 6.33. The first-order valence-electron chi connectivity index (χ1n) is 8.53. The minimum Gasteiger partial charge on any atom is -0.475 e. The molecule has 8 heteroatoms. The third kappa shape index (κ3) is 6.08. The molecule has 0 saturated carbocycles. The highest BCUT2D eigenvalue weighted by atomic mass is 35.5. The lowest BCUT2D eigenvalue weighted by molar-refractivity contribution is -0.121. The summed E-state index contributed by atoms with van der Waals surface area (Å²) in [7, 11) is 3.46. The topological polar surface area (TPSA) is 78.9 Å². The van der Waals surface area contributed by atoms with Crippen molar-refractivity contribution >= 4 is 23.5 Å². The predicted molar refractivity (Wildman–Crippen MR) is 99.1 cm³/mol. The van der Waals surface area contributed by atoms with Crippen LogP contribution in [-0.4, -0.2) is 62.1 Å². The van der Waals surface area contributed by atoms with Crippen molar-refractivity contribution in [1.82, 2.24) is 20.5 Å². The summed E-state index contributed by atoms with van der Waals surface area (Å²) in [5, 5.41) is 6.49. The molecule has 25 heavy (non-hydrogen) atoms. The number of hydrogen-bond acceptors (Lipinski definition) is 4. The van der Waals surface area contributed by atoms with Gasteiger partial charge < -0.3 is 20.3 Å². The van der Waals surface area contributed by atoms with Crippen LogP contribution in [-0.2, 0) is 4.79 Å². The molecule has 2 rings (SSSR count). The molecule has 0 radical (unpaired) electrons. The molecule has 2 heterocycles. The number of carbonyl (C=O) groups excluding carboxylic acids is 1. The van der Waals surface area contributed by atoms with Crippen molar-refractivity contribution in [3.63, 3.8) is 0 Å². The van der Waals surface area contributed by atoms with E-state index in [4.69, 9.17) is 16.3 Å². The van der Waals surface area contributed by atoms with E-state index in [1.807, 2.05) is 0 Å². The monoisotopic (exact) mass is 367 g/mol. The Balaban J connectivity index is 1.71. The van der Waals surface area contributed by atoms with Crippen molar-refractivity contribution in [3.05, 3.63) is 23.4 Å². The zero-order valence-electron chi connectivity index (χ0n) is 14.8. The fourth-order valence-electron chi connectivity index (χ4n) is 2.83. The Morgan fingerprint density at radius 2 is 2.24 bits per heavy atom. The molecule has 1 amide bonds. The number of likely N-dealkylation sites (tertiary alicyclic amines) is 1. The Morgan fingerprint density at radius 1 is 1.48 bits per heavy atom. The van der Waals surface area contributed by atoms with E-state index in [2.05, 4.69) is 25.5 Å². The number of nitrogens with one attached hydrogen (secondary N) is 2. The fourth-order valence-corrected chi connectivity index (χ4v) is 3.01. The summed E-state index contributed by atoms with van der Waals surface area (Å²) in [5.41, 5.74) is 0. The smallest absolute Gasteiger partial charge is 0.232 e. The summed E-state index contributed by atoms with van der Waals surface area (Å²) >= 11 is 6.01. The summed E-state index contributed by atoms with van der Waals surface area (Å²) < 4.78 is 5.57. The highest BCUT2D eigenvalue weighted by molar-refractivity contribution is 6.31. The number of aliphatic imine (C=N–C) groups is 1. The fraction of sp³-hybridized carbons (Fsp3) is 0.588. The summed E-state index contributed by atoms with van der Waals surface area (Å²) in [6.45, 7) is 2.85. The largest absolute Gasteiger partial charge is 0.475 e. The number of pyridine rings is 1. The number of aromatic nitrogens is 1. The first-order valence-corrected chi connectivity index (χ1v) is 8.91. The van der Waals surface area contributed by atoms with Gasteiger partial charge in [-0.1, -0.05) is 11.6 Å². The molecule has 0 aromatic carbocycles. The van der Waals surface area contributed by atoms with Crippen molar-refractivity contribution in [2.45, 2.75) is 19.3 Å². The third-order valence-electron chi connectivity index (χ3n) is 4.23. The maximum atomic E-state index is 11.5. The van der Waals surface area contributed by atoms with Crippen molar-refractivity contribution < 1.29 is 9.53 Å². The van der Waals surface area contributed by atoms with Crippen LogP contribution in [0.3, 0.4) is 0 Å². The number of rotatable bonds is 6. The lowest BCUT2D eigenvalue weighted by atomic mass is 9.93. The molecule has 138 valence electrons. The number of hydrogen-bond donors (Lipinski definition) is 2. The average molecular weight is 368 g/mol. The zero-order valence-corrected chi connectivity index (χ0v) is 15.6. The van der Waals surface area contributed by atoms with Crippen LogP contribution >= 0.6 is 11.6 Å². The van der Waals surface area contributed by atoms with Gasteiger partial charge in [0.05, 0.1) is 6.54 Å². The number of carbonyl (C=O) groups is 1. The van der Waals surface area contributed by atoms with Crippen LogP contribution in [0.15, 0.2) is 23.3 Å². The maximum absolute atomic E-state index is 11.5. The number of ether oxygens (including phenoxy) is 1. The predicted octanol–water partition coefficient (Wildman–Crippen LogP) is 1.54. The Kier molecular flexibility index (Phi) is 7.78. The molecular weight excluding hydrogens is 342 g/mol. The van der Waals surface area contributed by atoms with Crippen LogP contribution in [0, 0.1) is 5.92 Å². The molecule has 0 atom stereocenters. The Labute approximate surface area is 153 Å².